The molecule has 2 N–H and O–H groups in total. The van der Waals surface area contributed by atoms with E-state index in [9.17, 15) is 0 Å². The molecule has 0 aliphatic heterocycles. The van der Waals surface area contributed by atoms with Gasteiger partial charge in [-0.25, -0.2) is 4.98 Å². The summed E-state index contributed by atoms with van der Waals surface area (Å²) in [6.07, 6.45) is 10.2. The average Bonchev–Trinajstić information content (AvgIpc) is 2.44. The van der Waals surface area contributed by atoms with Gasteiger partial charge in [0.25, 0.3) is 0 Å². The summed E-state index contributed by atoms with van der Waals surface area (Å²) >= 11 is 0. The molecule has 1 aromatic rings. The van der Waals surface area contributed by atoms with Gasteiger partial charge in [0.05, 0.1) is 0 Å². The Bertz CT molecular complexity index is 386. The Morgan fingerprint density at radius 3 is 2.74 bits per heavy atom. The lowest BCUT2D eigenvalue weighted by Crippen LogP contribution is -2.14. The van der Waals surface area contributed by atoms with Crippen molar-refractivity contribution in [2.45, 2.75) is 52.4 Å². The molecule has 1 aliphatic rings. The number of nitrogens with zero attached hydrogens (tertiary/aromatic N) is 2. The van der Waals surface area contributed by atoms with E-state index in [0.29, 0.717) is 5.95 Å². The largest absolute Gasteiger partial charge is 0.370 e. The Labute approximate surface area is 116 Å². The molecule has 1 saturated carbocycles. The summed E-state index contributed by atoms with van der Waals surface area (Å²) < 4.78 is 0. The summed E-state index contributed by atoms with van der Waals surface area (Å²) in [5.74, 6) is 2.60. The van der Waals surface area contributed by atoms with Gasteiger partial charge in [0, 0.05) is 24.8 Å². The van der Waals surface area contributed by atoms with E-state index >= 15 is 0 Å². The Kier molecular flexibility index (Phi) is 5.43. The lowest BCUT2D eigenvalue weighted by molar-refractivity contribution is 0.345. The van der Waals surface area contributed by atoms with Crippen LogP contribution in [0, 0.1) is 12.8 Å². The zero-order chi connectivity index (χ0) is 13.5. The van der Waals surface area contributed by atoms with Crippen molar-refractivity contribution in [3.8, 4) is 0 Å². The van der Waals surface area contributed by atoms with Gasteiger partial charge in [0.1, 0.15) is 5.82 Å². The molecule has 1 aromatic heterocycles. The molecule has 0 spiro atoms. The first-order valence-electron chi connectivity index (χ1n) is 7.61. The first kappa shape index (κ1) is 14.1. The molecule has 1 heterocycles. The summed E-state index contributed by atoms with van der Waals surface area (Å²) in [7, 11) is 0. The van der Waals surface area contributed by atoms with Crippen molar-refractivity contribution in [1.82, 2.24) is 9.97 Å². The van der Waals surface area contributed by atoms with Crippen LogP contribution in [0.5, 0.6) is 0 Å². The van der Waals surface area contributed by atoms with Crippen molar-refractivity contribution in [3.05, 3.63) is 11.8 Å². The van der Waals surface area contributed by atoms with Gasteiger partial charge >= 0.3 is 0 Å². The standard InChI is InChI=1S/C15H26N4/c1-3-16-15-18-11-12(2)14(19-15)17-10-9-13-7-5-4-6-8-13/h11,13H,3-10H2,1-2H3,(H2,16,17,18,19). The molecule has 0 unspecified atom stereocenters. The zero-order valence-corrected chi connectivity index (χ0v) is 12.2. The fraction of sp³-hybridized carbons (Fsp3) is 0.733. The lowest BCUT2D eigenvalue weighted by Gasteiger charge is -2.21. The van der Waals surface area contributed by atoms with Crippen LogP contribution >= 0.6 is 0 Å². The highest BCUT2D eigenvalue weighted by Gasteiger charge is 2.13. The summed E-state index contributed by atoms with van der Waals surface area (Å²) in [5, 5.41) is 6.62. The van der Waals surface area contributed by atoms with Crippen molar-refractivity contribution >= 4 is 11.8 Å². The van der Waals surface area contributed by atoms with E-state index in [1.807, 2.05) is 6.20 Å². The number of hydrogen-bond acceptors (Lipinski definition) is 4. The highest BCUT2D eigenvalue weighted by atomic mass is 15.1. The minimum atomic E-state index is 0.716. The van der Waals surface area contributed by atoms with Crippen molar-refractivity contribution in [2.75, 3.05) is 23.7 Å². The lowest BCUT2D eigenvalue weighted by atomic mass is 9.87. The van der Waals surface area contributed by atoms with E-state index in [1.165, 1.54) is 38.5 Å². The quantitative estimate of drug-likeness (QED) is 0.822. The van der Waals surface area contributed by atoms with Crippen LogP contribution in [0.2, 0.25) is 0 Å². The van der Waals surface area contributed by atoms with Crippen molar-refractivity contribution in [1.29, 1.82) is 0 Å². The molecular formula is C15H26N4. The second kappa shape index (κ2) is 7.31. The van der Waals surface area contributed by atoms with Gasteiger partial charge in [-0.3, -0.25) is 0 Å². The Balaban J connectivity index is 1.82. The molecule has 4 nitrogen and oxygen atoms in total. The first-order valence-corrected chi connectivity index (χ1v) is 7.61. The third kappa shape index (κ3) is 4.37. The number of hydrogen-bond donors (Lipinski definition) is 2. The van der Waals surface area contributed by atoms with Crippen molar-refractivity contribution in [3.63, 3.8) is 0 Å². The van der Waals surface area contributed by atoms with Crippen LogP contribution in [0.1, 0.15) is 51.0 Å². The van der Waals surface area contributed by atoms with Gasteiger partial charge in [0.15, 0.2) is 0 Å². The molecule has 0 saturated heterocycles. The van der Waals surface area contributed by atoms with Crippen molar-refractivity contribution in [2.24, 2.45) is 5.92 Å². The van der Waals surface area contributed by atoms with Crippen LogP contribution in [0.3, 0.4) is 0 Å². The molecule has 0 amide bonds. The molecule has 0 bridgehead atoms. The number of aryl methyl sites for hydroxylation is 1. The smallest absolute Gasteiger partial charge is 0.224 e. The number of aromatic nitrogens is 2. The summed E-state index contributed by atoms with van der Waals surface area (Å²) in [5.41, 5.74) is 1.12. The molecule has 2 rings (SSSR count). The predicted molar refractivity (Wildman–Crippen MR) is 80.6 cm³/mol. The van der Waals surface area contributed by atoms with E-state index < -0.39 is 0 Å². The van der Waals surface area contributed by atoms with E-state index in [2.05, 4.69) is 34.4 Å². The number of nitrogens with one attached hydrogen (secondary N) is 2. The maximum absolute atomic E-state index is 4.51. The molecule has 106 valence electrons. The molecule has 0 atom stereocenters. The van der Waals surface area contributed by atoms with E-state index in [0.717, 1.165) is 30.4 Å². The first-order chi connectivity index (χ1) is 9.29. The zero-order valence-electron chi connectivity index (χ0n) is 12.2. The monoisotopic (exact) mass is 262 g/mol. The molecule has 0 radical (unpaired) electrons. The van der Waals surface area contributed by atoms with Gasteiger partial charge in [-0.2, -0.15) is 4.98 Å². The van der Waals surface area contributed by atoms with Gasteiger partial charge in [0.2, 0.25) is 5.95 Å². The highest BCUT2D eigenvalue weighted by Crippen LogP contribution is 2.26. The third-order valence-electron chi connectivity index (χ3n) is 3.88. The SMILES string of the molecule is CCNc1ncc(C)c(NCCC2CCCCC2)n1. The summed E-state index contributed by atoms with van der Waals surface area (Å²) in [4.78, 5) is 8.78. The maximum Gasteiger partial charge on any atom is 0.224 e. The molecular weight excluding hydrogens is 236 g/mol. The van der Waals surface area contributed by atoms with Crippen LogP contribution < -0.4 is 10.6 Å². The Morgan fingerprint density at radius 2 is 2.00 bits per heavy atom. The normalized spacial score (nSPS) is 16.3. The van der Waals surface area contributed by atoms with E-state index in [4.69, 9.17) is 0 Å². The van der Waals surface area contributed by atoms with Crippen LogP contribution in [0.4, 0.5) is 11.8 Å². The third-order valence-corrected chi connectivity index (χ3v) is 3.88. The van der Waals surface area contributed by atoms with Crippen LogP contribution in [0.25, 0.3) is 0 Å². The minimum Gasteiger partial charge on any atom is -0.370 e. The van der Waals surface area contributed by atoms with Crippen LogP contribution in [-0.2, 0) is 0 Å². The van der Waals surface area contributed by atoms with Crippen LogP contribution in [-0.4, -0.2) is 23.1 Å². The fourth-order valence-corrected chi connectivity index (χ4v) is 2.73. The van der Waals surface area contributed by atoms with E-state index in [1.54, 1.807) is 0 Å². The molecule has 1 aliphatic carbocycles. The second-order valence-electron chi connectivity index (χ2n) is 5.48. The molecule has 19 heavy (non-hydrogen) atoms. The van der Waals surface area contributed by atoms with Gasteiger partial charge in [-0.05, 0) is 26.2 Å². The summed E-state index contributed by atoms with van der Waals surface area (Å²) in [6.45, 7) is 5.98. The Morgan fingerprint density at radius 1 is 1.21 bits per heavy atom. The van der Waals surface area contributed by atoms with Gasteiger partial charge in [-0.15, -0.1) is 0 Å². The minimum absolute atomic E-state index is 0.716. The molecule has 4 heteroatoms. The second-order valence-corrected chi connectivity index (χ2v) is 5.48. The molecule has 0 aromatic carbocycles. The average molecular weight is 262 g/mol. The van der Waals surface area contributed by atoms with E-state index in [-0.39, 0.29) is 0 Å². The summed E-state index contributed by atoms with van der Waals surface area (Å²) in [6, 6.07) is 0. The fourth-order valence-electron chi connectivity index (χ4n) is 2.73. The topological polar surface area (TPSA) is 49.8 Å². The van der Waals surface area contributed by atoms with Gasteiger partial charge < -0.3 is 10.6 Å². The maximum atomic E-state index is 4.51. The highest BCUT2D eigenvalue weighted by molar-refractivity contribution is 5.46. The number of anilines is 2. The Hall–Kier alpha value is -1.32. The predicted octanol–water partition coefficient (Wildman–Crippen LogP) is 3.60. The number of rotatable bonds is 6. The van der Waals surface area contributed by atoms with Crippen LogP contribution in [0.15, 0.2) is 6.20 Å². The van der Waals surface area contributed by atoms with Gasteiger partial charge in [-0.1, -0.05) is 32.1 Å². The van der Waals surface area contributed by atoms with Crippen molar-refractivity contribution < 1.29 is 0 Å². The molecule has 1 fully saturated rings.